The predicted octanol–water partition coefficient (Wildman–Crippen LogP) is 0.110. The summed E-state index contributed by atoms with van der Waals surface area (Å²) in [6, 6.07) is 0.523. The van der Waals surface area contributed by atoms with E-state index in [1.807, 2.05) is 16.8 Å². The highest BCUT2D eigenvalue weighted by Crippen LogP contribution is 2.20. The van der Waals surface area contributed by atoms with Crippen LogP contribution < -0.4 is 16.4 Å². The molecule has 7 nitrogen and oxygen atoms in total. The first-order valence-corrected chi connectivity index (χ1v) is 8.84. The van der Waals surface area contributed by atoms with Crippen LogP contribution in [0.4, 0.5) is 4.79 Å². The molecule has 7 heteroatoms. The lowest BCUT2D eigenvalue weighted by Gasteiger charge is -2.41. The third-order valence-electron chi connectivity index (χ3n) is 4.94. The molecule has 2 rings (SSSR count). The first-order chi connectivity index (χ1) is 11.1. The number of carbonyl (C=O) groups is 2. The quantitative estimate of drug-likeness (QED) is 0.669. The van der Waals surface area contributed by atoms with Gasteiger partial charge in [-0.25, -0.2) is 4.79 Å². The van der Waals surface area contributed by atoms with Crippen molar-refractivity contribution in [2.24, 2.45) is 5.73 Å². The van der Waals surface area contributed by atoms with Crippen LogP contribution in [0.2, 0.25) is 0 Å². The molecule has 2 saturated heterocycles. The van der Waals surface area contributed by atoms with Gasteiger partial charge in [-0.15, -0.1) is 0 Å². The third kappa shape index (κ3) is 5.07. The van der Waals surface area contributed by atoms with E-state index in [0.29, 0.717) is 25.6 Å². The number of nitrogens with two attached hydrogens (primary N) is 1. The molecule has 4 N–H and O–H groups in total. The van der Waals surface area contributed by atoms with E-state index in [4.69, 9.17) is 5.73 Å². The summed E-state index contributed by atoms with van der Waals surface area (Å²) in [4.78, 5) is 28.4. The van der Waals surface area contributed by atoms with Gasteiger partial charge >= 0.3 is 6.03 Å². The highest BCUT2D eigenvalue weighted by molar-refractivity contribution is 5.77. The summed E-state index contributed by atoms with van der Waals surface area (Å²) < 4.78 is 0. The minimum absolute atomic E-state index is 0.0304. The Labute approximate surface area is 138 Å². The Morgan fingerprint density at radius 1 is 1.26 bits per heavy atom. The first kappa shape index (κ1) is 18.0. The van der Waals surface area contributed by atoms with Crippen molar-refractivity contribution in [3.63, 3.8) is 0 Å². The highest BCUT2D eigenvalue weighted by Gasteiger charge is 2.31. The molecule has 0 aromatic rings. The molecule has 2 heterocycles. The fourth-order valence-corrected chi connectivity index (χ4v) is 3.47. The smallest absolute Gasteiger partial charge is 0.320 e. The van der Waals surface area contributed by atoms with Crippen LogP contribution in [0.15, 0.2) is 0 Å². The van der Waals surface area contributed by atoms with E-state index in [9.17, 15) is 9.59 Å². The largest absolute Gasteiger partial charge is 0.354 e. The molecule has 0 spiro atoms. The molecule has 0 radical (unpaired) electrons. The second kappa shape index (κ2) is 9.08. The third-order valence-corrected chi connectivity index (χ3v) is 4.94. The number of hydrogen-bond donors (Lipinski definition) is 3. The van der Waals surface area contributed by atoms with Crippen molar-refractivity contribution in [2.45, 2.75) is 50.6 Å². The SMILES string of the molecule is CN(C(=O)N1CCCCC1CNC(=O)CCN)C1CCNCC1. The van der Waals surface area contributed by atoms with Crippen molar-refractivity contribution in [3.8, 4) is 0 Å². The molecule has 0 aromatic heterocycles. The maximum absolute atomic E-state index is 12.9. The van der Waals surface area contributed by atoms with Gasteiger partial charge < -0.3 is 26.2 Å². The summed E-state index contributed by atoms with van der Waals surface area (Å²) in [5.74, 6) is -0.0304. The summed E-state index contributed by atoms with van der Waals surface area (Å²) in [6.45, 7) is 3.62. The van der Waals surface area contributed by atoms with E-state index in [2.05, 4.69) is 10.6 Å². The minimum atomic E-state index is -0.0304. The van der Waals surface area contributed by atoms with E-state index < -0.39 is 0 Å². The van der Waals surface area contributed by atoms with Gasteiger partial charge in [0.1, 0.15) is 0 Å². The first-order valence-electron chi connectivity index (χ1n) is 8.84. The van der Waals surface area contributed by atoms with Crippen molar-refractivity contribution in [2.75, 3.05) is 39.8 Å². The number of hydrogen-bond acceptors (Lipinski definition) is 4. The lowest BCUT2D eigenvalue weighted by Crippen LogP contribution is -2.56. The lowest BCUT2D eigenvalue weighted by atomic mass is 10.0. The molecule has 0 bridgehead atoms. The van der Waals surface area contributed by atoms with Crippen LogP contribution in [0, 0.1) is 0 Å². The van der Waals surface area contributed by atoms with Gasteiger partial charge in [0.2, 0.25) is 5.91 Å². The normalized spacial score (nSPS) is 22.7. The predicted molar refractivity (Wildman–Crippen MR) is 90.1 cm³/mol. The number of likely N-dealkylation sites (tertiary alicyclic amines) is 1. The standard InChI is InChI=1S/C16H31N5O2/c1-20(13-6-9-18-10-7-13)16(23)21-11-3-2-4-14(21)12-19-15(22)5-8-17/h13-14,18H,2-12,17H2,1H3,(H,19,22). The summed E-state index contributed by atoms with van der Waals surface area (Å²) in [5, 5.41) is 6.25. The molecule has 132 valence electrons. The molecule has 0 saturated carbocycles. The Morgan fingerprint density at radius 2 is 2.00 bits per heavy atom. The molecule has 0 aliphatic carbocycles. The molecule has 0 aromatic carbocycles. The molecular weight excluding hydrogens is 294 g/mol. The Kier molecular flexibility index (Phi) is 7.11. The molecule has 1 atom stereocenters. The molecule has 2 fully saturated rings. The van der Waals surface area contributed by atoms with E-state index in [-0.39, 0.29) is 18.0 Å². The second-order valence-electron chi connectivity index (χ2n) is 6.56. The van der Waals surface area contributed by atoms with Crippen LogP contribution in [0.25, 0.3) is 0 Å². The Morgan fingerprint density at radius 3 is 2.70 bits per heavy atom. The van der Waals surface area contributed by atoms with Gasteiger partial charge in [0.15, 0.2) is 0 Å². The van der Waals surface area contributed by atoms with Crippen molar-refractivity contribution in [1.29, 1.82) is 0 Å². The van der Waals surface area contributed by atoms with Crippen molar-refractivity contribution >= 4 is 11.9 Å². The van der Waals surface area contributed by atoms with Gasteiger partial charge in [-0.2, -0.15) is 0 Å². The average Bonchev–Trinajstić information content (AvgIpc) is 2.60. The monoisotopic (exact) mass is 325 g/mol. The minimum Gasteiger partial charge on any atom is -0.354 e. The van der Waals surface area contributed by atoms with E-state index in [1.54, 1.807) is 0 Å². The molecule has 3 amide bonds. The second-order valence-corrected chi connectivity index (χ2v) is 6.56. The van der Waals surface area contributed by atoms with Gasteiger partial charge in [0.25, 0.3) is 0 Å². The van der Waals surface area contributed by atoms with E-state index in [0.717, 1.165) is 51.7 Å². The number of urea groups is 1. The maximum Gasteiger partial charge on any atom is 0.320 e. The number of piperidine rings is 2. The van der Waals surface area contributed by atoms with Gasteiger partial charge in [-0.05, 0) is 45.2 Å². The van der Waals surface area contributed by atoms with Crippen LogP contribution in [0.5, 0.6) is 0 Å². The zero-order chi connectivity index (χ0) is 16.7. The number of nitrogens with zero attached hydrogens (tertiary/aromatic N) is 2. The number of nitrogens with one attached hydrogen (secondary N) is 2. The van der Waals surface area contributed by atoms with E-state index >= 15 is 0 Å². The lowest BCUT2D eigenvalue weighted by molar-refractivity contribution is -0.121. The molecule has 23 heavy (non-hydrogen) atoms. The molecule has 2 aliphatic heterocycles. The fraction of sp³-hybridized carbons (Fsp3) is 0.875. The Balaban J connectivity index is 1.90. The fourth-order valence-electron chi connectivity index (χ4n) is 3.47. The van der Waals surface area contributed by atoms with Gasteiger partial charge in [-0.1, -0.05) is 0 Å². The van der Waals surface area contributed by atoms with Gasteiger partial charge in [0, 0.05) is 39.1 Å². The highest BCUT2D eigenvalue weighted by atomic mass is 16.2. The maximum atomic E-state index is 12.9. The molecule has 2 aliphatic rings. The van der Waals surface area contributed by atoms with Crippen molar-refractivity contribution in [1.82, 2.24) is 20.4 Å². The number of carbonyl (C=O) groups excluding carboxylic acids is 2. The van der Waals surface area contributed by atoms with Crippen LogP contribution in [0.3, 0.4) is 0 Å². The zero-order valence-electron chi connectivity index (χ0n) is 14.2. The molecular formula is C16H31N5O2. The summed E-state index contributed by atoms with van der Waals surface area (Å²) in [7, 11) is 1.91. The topological polar surface area (TPSA) is 90.7 Å². The van der Waals surface area contributed by atoms with Crippen LogP contribution >= 0.6 is 0 Å². The van der Waals surface area contributed by atoms with Crippen molar-refractivity contribution < 1.29 is 9.59 Å². The number of rotatable bonds is 5. The Bertz CT molecular complexity index is 398. The average molecular weight is 325 g/mol. The summed E-state index contributed by atoms with van der Waals surface area (Å²) in [6.07, 6.45) is 5.46. The van der Waals surface area contributed by atoms with Crippen LogP contribution in [0.1, 0.15) is 38.5 Å². The number of amides is 3. The molecule has 1 unspecified atom stereocenters. The Hall–Kier alpha value is -1.34. The summed E-state index contributed by atoms with van der Waals surface area (Å²) in [5.41, 5.74) is 5.40. The van der Waals surface area contributed by atoms with Crippen LogP contribution in [-0.2, 0) is 4.79 Å². The zero-order valence-corrected chi connectivity index (χ0v) is 14.2. The summed E-state index contributed by atoms with van der Waals surface area (Å²) >= 11 is 0. The van der Waals surface area contributed by atoms with Crippen molar-refractivity contribution in [3.05, 3.63) is 0 Å². The van der Waals surface area contributed by atoms with Gasteiger partial charge in [0.05, 0.1) is 6.04 Å². The van der Waals surface area contributed by atoms with E-state index in [1.165, 1.54) is 0 Å². The van der Waals surface area contributed by atoms with Crippen LogP contribution in [-0.4, -0.2) is 73.6 Å². The van der Waals surface area contributed by atoms with Gasteiger partial charge in [-0.3, -0.25) is 4.79 Å².